The van der Waals surface area contributed by atoms with E-state index in [0.717, 1.165) is 0 Å². The molecule has 0 rings (SSSR count). The zero-order valence-corrected chi connectivity index (χ0v) is 7.47. The van der Waals surface area contributed by atoms with Crippen LogP contribution in [0.2, 0.25) is 0 Å². The van der Waals surface area contributed by atoms with Gasteiger partial charge in [-0.1, -0.05) is 0 Å². The number of esters is 1. The predicted molar refractivity (Wildman–Crippen MR) is 46.1 cm³/mol. The lowest BCUT2D eigenvalue weighted by atomic mass is 10.1. The summed E-state index contributed by atoms with van der Waals surface area (Å²) in [5.74, 6) is -0.648. The summed E-state index contributed by atoms with van der Waals surface area (Å²) in [4.78, 5) is 10.8. The normalized spacial score (nSPS) is 10.8. The van der Waals surface area contributed by atoms with E-state index in [9.17, 15) is 4.79 Å². The van der Waals surface area contributed by atoms with Gasteiger partial charge in [0.25, 0.3) is 0 Å². The maximum absolute atomic E-state index is 10.8. The third kappa shape index (κ3) is 3.09. The van der Waals surface area contributed by atoms with Gasteiger partial charge in [-0.3, -0.25) is 10.8 Å². The van der Waals surface area contributed by atoms with Crippen molar-refractivity contribution in [2.75, 3.05) is 7.11 Å². The molecule has 0 fully saturated rings. The van der Waals surface area contributed by atoms with E-state index in [-0.39, 0.29) is 5.71 Å². The molecular formula is C8H13N2O2+. The van der Waals surface area contributed by atoms with Crippen LogP contribution >= 0.6 is 0 Å². The number of hydrogen-bond acceptors (Lipinski definition) is 3. The second-order valence-electron chi connectivity index (χ2n) is 2.44. The first kappa shape index (κ1) is 10.6. The second kappa shape index (κ2) is 4.43. The molecule has 0 aromatic carbocycles. The quantitative estimate of drug-likeness (QED) is 0.435. The molecule has 0 heterocycles. The Bertz CT molecular complexity index is 254. The number of methoxy groups -OCH3 is 1. The number of carbonyl (C=O) groups excluding carboxylic acids is 1. The van der Waals surface area contributed by atoms with Gasteiger partial charge in [0.05, 0.1) is 7.11 Å². The van der Waals surface area contributed by atoms with Crippen LogP contribution in [0.3, 0.4) is 0 Å². The zero-order chi connectivity index (χ0) is 9.72. The molecule has 0 aliphatic rings. The number of rotatable bonds is 3. The van der Waals surface area contributed by atoms with Gasteiger partial charge in [0, 0.05) is 13.0 Å². The van der Waals surface area contributed by atoms with Crippen molar-refractivity contribution in [3.63, 3.8) is 0 Å². The van der Waals surface area contributed by atoms with Crippen LogP contribution in [0.25, 0.3) is 0 Å². The molecule has 66 valence electrons. The average Bonchev–Trinajstić information content (AvgIpc) is 2.00. The first-order valence-electron chi connectivity index (χ1n) is 3.43. The monoisotopic (exact) mass is 169 g/mol. The highest BCUT2D eigenvalue weighted by Gasteiger charge is 2.11. The second-order valence-corrected chi connectivity index (χ2v) is 2.44. The Morgan fingerprint density at radius 3 is 2.33 bits per heavy atom. The standard InChI is InChI=1S/C8H12N2O2/c1-5(4-6(2)9)7(10)8(11)12-3/h4,9-10H,1-3H3/p+1/b5-4-,9-6?,10-7?. The van der Waals surface area contributed by atoms with Gasteiger partial charge in [-0.05, 0) is 12.5 Å². The van der Waals surface area contributed by atoms with E-state index in [0.29, 0.717) is 11.3 Å². The van der Waals surface area contributed by atoms with E-state index in [1.54, 1.807) is 19.9 Å². The van der Waals surface area contributed by atoms with Gasteiger partial charge in [0.2, 0.25) is 0 Å². The van der Waals surface area contributed by atoms with Crippen LogP contribution in [0.1, 0.15) is 13.8 Å². The average molecular weight is 169 g/mol. The van der Waals surface area contributed by atoms with E-state index in [1.807, 2.05) is 0 Å². The minimum Gasteiger partial charge on any atom is -0.464 e. The Kier molecular flexibility index (Phi) is 3.90. The highest BCUT2D eigenvalue weighted by atomic mass is 16.5. The topological polar surface area (TPSA) is 75.7 Å². The maximum Gasteiger partial charge on any atom is 0.356 e. The largest absolute Gasteiger partial charge is 0.464 e. The molecule has 0 spiro atoms. The van der Waals surface area contributed by atoms with Crippen LogP contribution in [-0.4, -0.2) is 24.5 Å². The summed E-state index contributed by atoms with van der Waals surface area (Å²) < 4.78 is 4.36. The summed E-state index contributed by atoms with van der Waals surface area (Å²) in [5.41, 5.74) is 0.894. The summed E-state index contributed by atoms with van der Waals surface area (Å²) in [5, 5.41) is 12.6. The minimum atomic E-state index is -0.648. The molecule has 4 heteroatoms. The smallest absolute Gasteiger partial charge is 0.356 e. The fourth-order valence-electron chi connectivity index (χ4n) is 0.677. The lowest BCUT2D eigenvalue weighted by Crippen LogP contribution is -2.36. The molecule has 0 radical (unpaired) electrons. The Hall–Kier alpha value is -1.45. The number of nitrogens with two attached hydrogens (primary N) is 1. The Morgan fingerprint density at radius 2 is 2.00 bits per heavy atom. The van der Waals surface area contributed by atoms with Gasteiger partial charge in [0.15, 0.2) is 5.71 Å². The van der Waals surface area contributed by atoms with Gasteiger partial charge >= 0.3 is 5.97 Å². The van der Waals surface area contributed by atoms with Crippen molar-refractivity contribution in [1.29, 1.82) is 5.41 Å². The van der Waals surface area contributed by atoms with Crippen molar-refractivity contribution in [3.8, 4) is 0 Å². The zero-order valence-electron chi connectivity index (χ0n) is 7.47. The highest BCUT2D eigenvalue weighted by Crippen LogP contribution is 1.96. The molecule has 0 bridgehead atoms. The third-order valence-electron chi connectivity index (χ3n) is 1.23. The SMILES string of the molecule is COC(=O)C(=N)/C(C)=C\C(C)=[NH2+]. The van der Waals surface area contributed by atoms with Gasteiger partial charge in [-0.2, -0.15) is 0 Å². The van der Waals surface area contributed by atoms with Crippen molar-refractivity contribution in [2.24, 2.45) is 0 Å². The number of hydrogen-bond donors (Lipinski definition) is 2. The first-order valence-corrected chi connectivity index (χ1v) is 3.43. The van der Waals surface area contributed by atoms with Gasteiger partial charge in [-0.25, -0.2) is 4.79 Å². The van der Waals surface area contributed by atoms with Crippen molar-refractivity contribution < 1.29 is 14.9 Å². The summed E-state index contributed by atoms with van der Waals surface area (Å²) in [6, 6.07) is 0. The Balaban J connectivity index is 4.50. The van der Waals surface area contributed by atoms with Gasteiger partial charge in [0.1, 0.15) is 5.71 Å². The van der Waals surface area contributed by atoms with E-state index in [2.05, 4.69) is 4.74 Å². The number of nitrogens with one attached hydrogen (secondary N) is 1. The van der Waals surface area contributed by atoms with E-state index >= 15 is 0 Å². The molecule has 0 atom stereocenters. The van der Waals surface area contributed by atoms with Gasteiger partial charge < -0.3 is 4.74 Å². The van der Waals surface area contributed by atoms with Crippen LogP contribution in [0, 0.1) is 5.41 Å². The molecule has 3 N–H and O–H groups in total. The van der Waals surface area contributed by atoms with Crippen molar-refractivity contribution in [1.82, 2.24) is 0 Å². The predicted octanol–water partition coefficient (Wildman–Crippen LogP) is -0.655. The molecule has 0 amide bonds. The van der Waals surface area contributed by atoms with Crippen LogP contribution < -0.4 is 5.41 Å². The van der Waals surface area contributed by atoms with Crippen molar-refractivity contribution in [2.45, 2.75) is 13.8 Å². The molecule has 0 aromatic rings. The van der Waals surface area contributed by atoms with E-state index in [1.165, 1.54) is 7.11 Å². The summed E-state index contributed by atoms with van der Waals surface area (Å²) in [7, 11) is 1.24. The lowest BCUT2D eigenvalue weighted by Gasteiger charge is -1.99. The van der Waals surface area contributed by atoms with Crippen molar-refractivity contribution >= 4 is 17.4 Å². The Morgan fingerprint density at radius 1 is 1.50 bits per heavy atom. The molecule has 4 nitrogen and oxygen atoms in total. The fourth-order valence-corrected chi connectivity index (χ4v) is 0.677. The number of carbonyl (C=O) groups is 1. The fraction of sp³-hybridized carbons (Fsp3) is 0.375. The number of allylic oxidation sites excluding steroid dienone is 1. The molecule has 0 saturated carbocycles. The number of ether oxygens (including phenoxy) is 1. The summed E-state index contributed by atoms with van der Waals surface area (Å²) in [6.07, 6.45) is 1.55. The lowest BCUT2D eigenvalue weighted by molar-refractivity contribution is -0.132. The Labute approximate surface area is 71.3 Å². The maximum atomic E-state index is 10.8. The molecular weight excluding hydrogens is 156 g/mol. The van der Waals surface area contributed by atoms with Crippen molar-refractivity contribution in [3.05, 3.63) is 11.6 Å². The minimum absolute atomic E-state index is 0.165. The van der Waals surface area contributed by atoms with Gasteiger partial charge in [-0.15, -0.1) is 0 Å². The molecule has 0 aliphatic heterocycles. The molecule has 12 heavy (non-hydrogen) atoms. The van der Waals surface area contributed by atoms with Crippen LogP contribution in [0.5, 0.6) is 0 Å². The molecule has 0 saturated heterocycles. The summed E-state index contributed by atoms with van der Waals surface area (Å²) in [6.45, 7) is 3.32. The van der Waals surface area contributed by atoms with Crippen LogP contribution in [-0.2, 0) is 9.53 Å². The molecule has 0 aromatic heterocycles. The van der Waals surface area contributed by atoms with E-state index < -0.39 is 5.97 Å². The van der Waals surface area contributed by atoms with Crippen LogP contribution in [0.15, 0.2) is 11.6 Å². The molecule has 0 aliphatic carbocycles. The van der Waals surface area contributed by atoms with E-state index in [4.69, 9.17) is 10.8 Å². The molecule has 0 unspecified atom stereocenters. The first-order chi connectivity index (χ1) is 5.49. The third-order valence-corrected chi connectivity index (χ3v) is 1.23. The highest BCUT2D eigenvalue weighted by molar-refractivity contribution is 6.42. The summed E-state index contributed by atoms with van der Waals surface area (Å²) >= 11 is 0. The van der Waals surface area contributed by atoms with Crippen LogP contribution in [0.4, 0.5) is 0 Å².